The van der Waals surface area contributed by atoms with Crippen LogP contribution in [0.1, 0.15) is 80.1 Å². The molecule has 9 rings (SSSR count). The summed E-state index contributed by atoms with van der Waals surface area (Å²) in [5, 5.41) is 8.70. The molecule has 13 nitrogen and oxygen atoms in total. The van der Waals surface area contributed by atoms with Gasteiger partial charge in [-0.2, -0.15) is 0 Å². The third-order valence-electron chi connectivity index (χ3n) is 13.5. The van der Waals surface area contributed by atoms with Crippen LogP contribution in [0.2, 0.25) is 0 Å². The third-order valence-corrected chi connectivity index (χ3v) is 13.5. The number of nitrogens with one attached hydrogen (secondary N) is 3. The first kappa shape index (κ1) is 52.3. The van der Waals surface area contributed by atoms with E-state index in [-0.39, 0.29) is 76.4 Å². The molecule has 388 valence electrons. The van der Waals surface area contributed by atoms with E-state index in [1.807, 2.05) is 35.2 Å². The molecular formula is C57H48F6N8O5. The molecule has 19 heteroatoms. The fourth-order valence-electron chi connectivity index (χ4n) is 9.94. The number of amides is 4. The Morgan fingerprint density at radius 3 is 1.83 bits per heavy atom. The van der Waals surface area contributed by atoms with E-state index < -0.39 is 99.4 Å². The van der Waals surface area contributed by atoms with Crippen molar-refractivity contribution in [3.8, 4) is 33.4 Å². The van der Waals surface area contributed by atoms with Crippen molar-refractivity contribution < 1.29 is 50.3 Å². The van der Waals surface area contributed by atoms with Gasteiger partial charge in [-0.15, -0.1) is 0 Å². The summed E-state index contributed by atoms with van der Waals surface area (Å²) in [7, 11) is 0. The zero-order chi connectivity index (χ0) is 53.8. The van der Waals surface area contributed by atoms with Crippen LogP contribution in [0.5, 0.6) is 0 Å². The van der Waals surface area contributed by atoms with Gasteiger partial charge < -0.3 is 22.1 Å². The first-order chi connectivity index (χ1) is 36.5. The third kappa shape index (κ3) is 11.7. The predicted octanol–water partition coefficient (Wildman–Crippen LogP) is 7.91. The van der Waals surface area contributed by atoms with Crippen LogP contribution in [-0.4, -0.2) is 69.5 Å². The SMILES string of the molecule is NC(=O)c1cc(-c2cc(-c3c(F)cc(C[C@H](NC(=O)[C@@H]4CC(=O)CN4)c4ncccc4-c4ccc(F)c(C(N)=O)c4)cc3F)cnc2[C@H](Cc2cc(F)cc(F)c2)NC(=O)C2CCCN2Cc2ccccc2)ccc1F. The molecule has 2 saturated heterocycles. The van der Waals surface area contributed by atoms with Crippen LogP contribution >= 0.6 is 0 Å². The highest BCUT2D eigenvalue weighted by Gasteiger charge is 2.35. The van der Waals surface area contributed by atoms with Crippen LogP contribution in [0, 0.1) is 34.9 Å². The molecule has 2 aliphatic heterocycles. The molecule has 0 saturated carbocycles. The average molecular weight is 1040 g/mol. The van der Waals surface area contributed by atoms with E-state index in [4.69, 9.17) is 11.5 Å². The molecule has 0 bridgehead atoms. The highest BCUT2D eigenvalue weighted by molar-refractivity contribution is 5.96. The van der Waals surface area contributed by atoms with Crippen LogP contribution in [0.15, 0.2) is 128 Å². The van der Waals surface area contributed by atoms with Crippen LogP contribution in [-0.2, 0) is 33.8 Å². The van der Waals surface area contributed by atoms with Gasteiger partial charge in [-0.1, -0.05) is 48.5 Å². The van der Waals surface area contributed by atoms with Gasteiger partial charge in [-0.05, 0) is 121 Å². The molecule has 4 heterocycles. The van der Waals surface area contributed by atoms with Crippen LogP contribution in [0.4, 0.5) is 26.3 Å². The summed E-state index contributed by atoms with van der Waals surface area (Å²) in [6.07, 6.45) is 3.06. The zero-order valence-corrected chi connectivity index (χ0v) is 40.4. The van der Waals surface area contributed by atoms with Crippen molar-refractivity contribution in [1.29, 1.82) is 0 Å². The number of rotatable bonds is 17. The van der Waals surface area contributed by atoms with Gasteiger partial charge in [-0.25, -0.2) is 26.3 Å². The van der Waals surface area contributed by atoms with Crippen molar-refractivity contribution in [2.75, 3.05) is 13.1 Å². The molecule has 2 aromatic heterocycles. The smallest absolute Gasteiger partial charge is 0.251 e. The van der Waals surface area contributed by atoms with E-state index in [0.717, 1.165) is 54.2 Å². The minimum Gasteiger partial charge on any atom is -0.366 e. The molecular weight excluding hydrogens is 991 g/mol. The van der Waals surface area contributed by atoms with Crippen molar-refractivity contribution in [2.24, 2.45) is 11.5 Å². The molecule has 0 aliphatic carbocycles. The molecule has 7 aromatic rings. The second-order valence-corrected chi connectivity index (χ2v) is 18.7. The number of primary amides is 2. The largest absolute Gasteiger partial charge is 0.366 e. The molecule has 2 aliphatic rings. The van der Waals surface area contributed by atoms with Gasteiger partial charge >= 0.3 is 0 Å². The van der Waals surface area contributed by atoms with Crippen LogP contribution < -0.4 is 27.4 Å². The van der Waals surface area contributed by atoms with Crippen LogP contribution in [0.3, 0.4) is 0 Å². The van der Waals surface area contributed by atoms with Gasteiger partial charge in [0.05, 0.1) is 58.8 Å². The van der Waals surface area contributed by atoms with Crippen molar-refractivity contribution in [2.45, 2.75) is 62.8 Å². The number of likely N-dealkylation sites (tertiary alicyclic amines) is 1. The summed E-state index contributed by atoms with van der Waals surface area (Å²) >= 11 is 0. The van der Waals surface area contributed by atoms with E-state index in [9.17, 15) is 37.1 Å². The van der Waals surface area contributed by atoms with E-state index in [0.29, 0.717) is 37.6 Å². The summed E-state index contributed by atoms with van der Waals surface area (Å²) in [6, 6.07) is 22.0. The Bertz CT molecular complexity index is 3380. The molecule has 0 radical (unpaired) electrons. The molecule has 76 heavy (non-hydrogen) atoms. The highest BCUT2D eigenvalue weighted by Crippen LogP contribution is 2.38. The maximum atomic E-state index is 16.9. The number of nitrogens with two attached hydrogens (primary N) is 2. The molecule has 1 unspecified atom stereocenters. The van der Waals surface area contributed by atoms with Gasteiger partial charge in [-0.3, -0.25) is 44.2 Å². The molecule has 4 amide bonds. The zero-order valence-electron chi connectivity index (χ0n) is 40.4. The number of carbonyl (C=O) groups is 5. The maximum Gasteiger partial charge on any atom is 0.251 e. The maximum absolute atomic E-state index is 16.9. The molecule has 4 atom stereocenters. The van der Waals surface area contributed by atoms with Crippen molar-refractivity contribution in [3.63, 3.8) is 0 Å². The van der Waals surface area contributed by atoms with Crippen LogP contribution in [0.25, 0.3) is 33.4 Å². The number of aromatic nitrogens is 2. The average Bonchev–Trinajstić information content (AvgIpc) is 4.05. The van der Waals surface area contributed by atoms with Gasteiger partial charge in [0, 0.05) is 48.1 Å². The first-order valence-electron chi connectivity index (χ1n) is 24.2. The molecule has 0 spiro atoms. The number of pyridine rings is 2. The molecule has 2 fully saturated rings. The summed E-state index contributed by atoms with van der Waals surface area (Å²) in [4.78, 5) is 76.1. The quantitative estimate of drug-likeness (QED) is 0.0562. The topological polar surface area (TPSA) is 202 Å². The van der Waals surface area contributed by atoms with E-state index >= 15 is 13.2 Å². The Hall–Kier alpha value is -8.55. The monoisotopic (exact) mass is 1040 g/mol. The number of benzene rings is 5. The summed E-state index contributed by atoms with van der Waals surface area (Å²) in [5.74, 6) is -9.29. The van der Waals surface area contributed by atoms with E-state index in [1.54, 1.807) is 12.1 Å². The fourth-order valence-corrected chi connectivity index (χ4v) is 9.94. The summed E-state index contributed by atoms with van der Waals surface area (Å²) in [5.41, 5.74) is 11.3. The Labute approximate surface area is 431 Å². The normalized spacial score (nSPS) is 16.3. The first-order valence-corrected chi connectivity index (χ1v) is 24.2. The number of carbonyl (C=O) groups excluding carboxylic acids is 5. The van der Waals surface area contributed by atoms with E-state index in [1.165, 1.54) is 30.5 Å². The number of halogens is 6. The van der Waals surface area contributed by atoms with Gasteiger partial charge in [0.2, 0.25) is 11.8 Å². The fraction of sp³-hybridized carbons (Fsp3) is 0.211. The molecule has 5 aromatic carbocycles. The lowest BCUT2D eigenvalue weighted by Crippen LogP contribution is -2.44. The number of nitrogens with zero attached hydrogens (tertiary/aromatic N) is 3. The Morgan fingerprint density at radius 2 is 1.22 bits per heavy atom. The second-order valence-electron chi connectivity index (χ2n) is 18.7. The number of hydrogen-bond acceptors (Lipinski definition) is 9. The summed E-state index contributed by atoms with van der Waals surface area (Å²) in [6.45, 7) is 0.997. The lowest BCUT2D eigenvalue weighted by molar-refractivity contribution is -0.126. The number of ketones is 1. The summed E-state index contributed by atoms with van der Waals surface area (Å²) < 4.78 is 93.0. The lowest BCUT2D eigenvalue weighted by atomic mass is 9.91. The molecule has 7 N–H and O–H groups in total. The van der Waals surface area contributed by atoms with Crippen molar-refractivity contribution >= 4 is 29.4 Å². The van der Waals surface area contributed by atoms with Crippen molar-refractivity contribution in [1.82, 2.24) is 30.8 Å². The lowest BCUT2D eigenvalue weighted by Gasteiger charge is -2.28. The van der Waals surface area contributed by atoms with Crippen molar-refractivity contribution in [3.05, 3.63) is 202 Å². The Morgan fingerprint density at radius 1 is 0.632 bits per heavy atom. The van der Waals surface area contributed by atoms with Gasteiger partial charge in [0.25, 0.3) is 11.8 Å². The van der Waals surface area contributed by atoms with E-state index in [2.05, 4.69) is 25.9 Å². The number of Topliss-reactive ketones (excluding diaryl/α,β-unsaturated/α-hetero) is 1. The van der Waals surface area contributed by atoms with Gasteiger partial charge in [0.1, 0.15) is 40.7 Å². The standard InChI is InChI=1S/C57H48F6N8O5/c58-36-16-31(17-37(59)25-36)20-48(70-57(76)50-9-5-15-71(50)29-30-6-2-1-3-7-30)53-40(34-11-13-44(61)42(23-34)55(65)74)24-35(27-68-53)51-45(62)18-32(19-46(51)63)21-47(69-56(75)49-26-38(72)28-67-49)52-39(8-4-14-66-52)33-10-12-43(60)41(22-33)54(64)73/h1-4,6-8,10-14,16-19,22-25,27,47-50,67H,5,9,15,20-21,26,28-29H2,(H2,64,73)(H2,65,74)(H,69,75)(H,70,76)/t47-,48-,49-,50?/m0/s1. The minimum absolute atomic E-state index is 0.0146. The van der Waals surface area contributed by atoms with Gasteiger partial charge in [0.15, 0.2) is 0 Å². The predicted molar refractivity (Wildman–Crippen MR) is 268 cm³/mol. The minimum atomic E-state index is -1.19. The Kier molecular flexibility index (Phi) is 15.5. The Balaban J connectivity index is 1.11. The second kappa shape index (κ2) is 22.5. The number of hydrogen-bond donors (Lipinski definition) is 5. The highest BCUT2D eigenvalue weighted by atomic mass is 19.2.